The summed E-state index contributed by atoms with van der Waals surface area (Å²) in [6.45, 7) is 4.06. The Hall–Kier alpha value is -2.64. The average Bonchev–Trinajstić information content (AvgIpc) is 3.10. The van der Waals surface area contributed by atoms with Crippen LogP contribution in [0.5, 0.6) is 0 Å². The highest BCUT2D eigenvalue weighted by molar-refractivity contribution is 6.30. The monoisotopic (exact) mass is 415 g/mol. The van der Waals surface area contributed by atoms with Crippen LogP contribution in [0.4, 0.5) is 0 Å². The van der Waals surface area contributed by atoms with Gasteiger partial charge in [-0.1, -0.05) is 11.6 Å². The van der Waals surface area contributed by atoms with E-state index in [1.165, 1.54) is 0 Å². The molecule has 1 aromatic heterocycles. The average molecular weight is 416 g/mol. The highest BCUT2D eigenvalue weighted by Crippen LogP contribution is 2.30. The smallest absolute Gasteiger partial charge is 0.290 e. The lowest BCUT2D eigenvalue weighted by molar-refractivity contribution is 0.0281. The molecule has 7 nitrogen and oxygen atoms in total. The second-order valence-corrected chi connectivity index (χ2v) is 7.56. The second kappa shape index (κ2) is 8.39. The quantitative estimate of drug-likeness (QED) is 0.780. The van der Waals surface area contributed by atoms with Gasteiger partial charge in [-0.25, -0.2) is 5.43 Å². The van der Waals surface area contributed by atoms with Gasteiger partial charge in [0.25, 0.3) is 11.8 Å². The van der Waals surface area contributed by atoms with Gasteiger partial charge in [-0.2, -0.15) is 5.10 Å². The number of hydrazone groups is 1. The molecule has 0 saturated carbocycles. The molecule has 0 spiro atoms. The lowest BCUT2D eigenvalue weighted by Gasteiger charge is -2.26. The van der Waals surface area contributed by atoms with E-state index in [0.717, 1.165) is 35.4 Å². The van der Waals surface area contributed by atoms with Gasteiger partial charge in [0.2, 0.25) is 0 Å². The Labute approximate surface area is 173 Å². The SMILES string of the molecule is Cc1c(C(=O)N2CCOCC2)oc2c1/C(=N/NC(=O)c1ccc(Cl)cc1)CCC2. The Bertz CT molecular complexity index is 959. The minimum absolute atomic E-state index is 0.121. The fraction of sp³-hybridized carbons (Fsp3) is 0.381. The number of amides is 2. The number of furan rings is 1. The third kappa shape index (κ3) is 4.06. The number of rotatable bonds is 3. The normalized spacial score (nSPS) is 17.9. The van der Waals surface area contributed by atoms with Crippen molar-refractivity contribution in [3.05, 3.63) is 57.5 Å². The molecule has 0 unspecified atom stereocenters. The standard InChI is InChI=1S/C21H22ClN3O4/c1-13-18-16(23-24-20(26)14-5-7-15(22)8-6-14)3-2-4-17(18)29-19(13)21(27)25-9-11-28-12-10-25/h5-8H,2-4,9-12H2,1H3,(H,24,26)/b23-16+. The molecule has 1 aromatic carbocycles. The van der Waals surface area contributed by atoms with Crippen molar-refractivity contribution in [3.63, 3.8) is 0 Å². The van der Waals surface area contributed by atoms with Crippen molar-refractivity contribution in [3.8, 4) is 0 Å². The maximum Gasteiger partial charge on any atom is 0.290 e. The van der Waals surface area contributed by atoms with E-state index in [4.69, 9.17) is 20.8 Å². The highest BCUT2D eigenvalue weighted by atomic mass is 35.5. The molecule has 1 aliphatic heterocycles. The summed E-state index contributed by atoms with van der Waals surface area (Å²) in [6.07, 6.45) is 2.30. The number of nitrogens with zero attached hydrogens (tertiary/aromatic N) is 2. The van der Waals surface area contributed by atoms with E-state index in [9.17, 15) is 9.59 Å². The van der Waals surface area contributed by atoms with Crippen LogP contribution in [0.25, 0.3) is 0 Å². The molecule has 1 aliphatic carbocycles. The summed E-state index contributed by atoms with van der Waals surface area (Å²) in [5.74, 6) is 0.678. The lowest BCUT2D eigenvalue weighted by Crippen LogP contribution is -2.40. The van der Waals surface area contributed by atoms with Crippen LogP contribution in [0.15, 0.2) is 33.8 Å². The van der Waals surface area contributed by atoms with Crippen LogP contribution in [-0.2, 0) is 11.2 Å². The minimum Gasteiger partial charge on any atom is -0.455 e. The van der Waals surface area contributed by atoms with E-state index in [2.05, 4.69) is 10.5 Å². The fourth-order valence-corrected chi connectivity index (χ4v) is 3.80. The van der Waals surface area contributed by atoms with Gasteiger partial charge in [0, 0.05) is 41.2 Å². The molecule has 2 heterocycles. The van der Waals surface area contributed by atoms with E-state index in [1.807, 2.05) is 6.92 Å². The Morgan fingerprint density at radius 2 is 1.86 bits per heavy atom. The molecule has 4 rings (SSSR count). The number of hydrogen-bond acceptors (Lipinski definition) is 5. The van der Waals surface area contributed by atoms with Gasteiger partial charge < -0.3 is 14.1 Å². The first-order valence-electron chi connectivity index (χ1n) is 9.66. The predicted molar refractivity (Wildman–Crippen MR) is 109 cm³/mol. The molecular formula is C21H22ClN3O4. The lowest BCUT2D eigenvalue weighted by atomic mass is 9.93. The number of hydrogen-bond donors (Lipinski definition) is 1. The van der Waals surface area contributed by atoms with Crippen molar-refractivity contribution in [2.24, 2.45) is 5.10 Å². The van der Waals surface area contributed by atoms with Crippen molar-refractivity contribution in [1.82, 2.24) is 10.3 Å². The summed E-state index contributed by atoms with van der Waals surface area (Å²) in [5.41, 5.74) is 5.43. The first-order chi connectivity index (χ1) is 14.0. The zero-order valence-corrected chi connectivity index (χ0v) is 16.9. The van der Waals surface area contributed by atoms with E-state index < -0.39 is 0 Å². The largest absolute Gasteiger partial charge is 0.455 e. The van der Waals surface area contributed by atoms with E-state index in [0.29, 0.717) is 49.1 Å². The van der Waals surface area contributed by atoms with Crippen molar-refractivity contribution in [2.45, 2.75) is 26.2 Å². The number of aryl methyl sites for hydroxylation is 1. The number of halogens is 1. The number of benzene rings is 1. The van der Waals surface area contributed by atoms with Gasteiger partial charge in [-0.3, -0.25) is 9.59 Å². The summed E-state index contributed by atoms with van der Waals surface area (Å²) in [4.78, 5) is 27.0. The Morgan fingerprint density at radius 3 is 2.59 bits per heavy atom. The van der Waals surface area contributed by atoms with Gasteiger partial charge in [0.05, 0.1) is 18.9 Å². The van der Waals surface area contributed by atoms with Crippen molar-refractivity contribution >= 4 is 29.1 Å². The summed E-state index contributed by atoms with van der Waals surface area (Å²) < 4.78 is 11.3. The van der Waals surface area contributed by atoms with Crippen LogP contribution < -0.4 is 5.43 Å². The fourth-order valence-electron chi connectivity index (χ4n) is 3.68. The number of morpholine rings is 1. The minimum atomic E-state index is -0.313. The van der Waals surface area contributed by atoms with Crippen LogP contribution in [0.1, 0.15) is 50.6 Å². The van der Waals surface area contributed by atoms with Crippen molar-refractivity contribution in [1.29, 1.82) is 0 Å². The molecule has 2 amide bonds. The number of carbonyl (C=O) groups excluding carboxylic acids is 2. The molecule has 0 radical (unpaired) electrons. The zero-order chi connectivity index (χ0) is 20.4. The maximum atomic E-state index is 12.9. The van der Waals surface area contributed by atoms with E-state index in [-0.39, 0.29) is 11.8 Å². The van der Waals surface area contributed by atoms with Crippen LogP contribution in [0, 0.1) is 6.92 Å². The van der Waals surface area contributed by atoms with Crippen LogP contribution in [-0.4, -0.2) is 48.7 Å². The Kier molecular flexibility index (Phi) is 5.69. The number of carbonyl (C=O) groups is 2. The highest BCUT2D eigenvalue weighted by Gasteiger charge is 2.30. The molecule has 1 fully saturated rings. The molecular weight excluding hydrogens is 394 g/mol. The molecule has 8 heteroatoms. The maximum absolute atomic E-state index is 12.9. The molecule has 2 aliphatic rings. The molecule has 0 atom stereocenters. The van der Waals surface area contributed by atoms with Crippen LogP contribution in [0.2, 0.25) is 5.02 Å². The van der Waals surface area contributed by atoms with Gasteiger partial charge in [0.1, 0.15) is 5.76 Å². The second-order valence-electron chi connectivity index (χ2n) is 7.12. The van der Waals surface area contributed by atoms with Crippen LogP contribution in [0.3, 0.4) is 0 Å². The molecule has 1 N–H and O–H groups in total. The predicted octanol–water partition coefficient (Wildman–Crippen LogP) is 3.18. The van der Waals surface area contributed by atoms with Crippen LogP contribution >= 0.6 is 11.6 Å². The number of ether oxygens (including phenoxy) is 1. The number of nitrogens with one attached hydrogen (secondary N) is 1. The summed E-state index contributed by atoms with van der Waals surface area (Å²) in [6, 6.07) is 6.61. The third-order valence-corrected chi connectivity index (χ3v) is 5.47. The topological polar surface area (TPSA) is 84.1 Å². The van der Waals surface area contributed by atoms with Gasteiger partial charge in [-0.05, 0) is 44.0 Å². The Morgan fingerprint density at radius 1 is 1.14 bits per heavy atom. The zero-order valence-electron chi connectivity index (χ0n) is 16.2. The molecule has 0 bridgehead atoms. The molecule has 1 saturated heterocycles. The van der Waals surface area contributed by atoms with E-state index >= 15 is 0 Å². The summed E-state index contributed by atoms with van der Waals surface area (Å²) in [7, 11) is 0. The number of fused-ring (bicyclic) bond motifs is 1. The molecule has 29 heavy (non-hydrogen) atoms. The first kappa shape index (κ1) is 19.7. The van der Waals surface area contributed by atoms with E-state index in [1.54, 1.807) is 29.2 Å². The molecule has 152 valence electrons. The van der Waals surface area contributed by atoms with Crippen molar-refractivity contribution in [2.75, 3.05) is 26.3 Å². The van der Waals surface area contributed by atoms with Crippen molar-refractivity contribution < 1.29 is 18.7 Å². The van der Waals surface area contributed by atoms with Gasteiger partial charge in [-0.15, -0.1) is 0 Å². The third-order valence-electron chi connectivity index (χ3n) is 5.22. The first-order valence-corrected chi connectivity index (χ1v) is 10.0. The van der Waals surface area contributed by atoms with Gasteiger partial charge >= 0.3 is 0 Å². The molecule has 2 aromatic rings. The van der Waals surface area contributed by atoms with Gasteiger partial charge in [0.15, 0.2) is 5.76 Å². The summed E-state index contributed by atoms with van der Waals surface area (Å²) >= 11 is 5.87. The summed E-state index contributed by atoms with van der Waals surface area (Å²) in [5, 5.41) is 4.91. The Balaban J connectivity index is 1.56.